The monoisotopic (exact) mass is 487 g/mol. The molecule has 0 radical (unpaired) electrons. The topological polar surface area (TPSA) is 94.4 Å². The Bertz CT molecular complexity index is 1650. The fraction of sp³-hybridized carbons (Fsp3) is 0.231. The second-order valence-corrected chi connectivity index (χ2v) is 9.44. The van der Waals surface area contributed by atoms with Crippen molar-refractivity contribution in [2.24, 2.45) is 4.99 Å². The van der Waals surface area contributed by atoms with Crippen molar-refractivity contribution in [2.75, 3.05) is 5.32 Å². The van der Waals surface area contributed by atoms with E-state index in [-0.39, 0.29) is 11.5 Å². The van der Waals surface area contributed by atoms with E-state index in [2.05, 4.69) is 15.4 Å². The van der Waals surface area contributed by atoms with Crippen LogP contribution in [-0.2, 0) is 11.3 Å². The minimum Gasteiger partial charge on any atom is -0.464 e. The van der Waals surface area contributed by atoms with Crippen LogP contribution in [0.1, 0.15) is 42.5 Å². The Morgan fingerprint density at radius 2 is 2.00 bits per heavy atom. The van der Waals surface area contributed by atoms with Crippen LogP contribution in [0.15, 0.2) is 74.3 Å². The quantitative estimate of drug-likeness (QED) is 0.467. The van der Waals surface area contributed by atoms with E-state index in [1.165, 1.54) is 11.3 Å². The number of aryl methyl sites for hydroxylation is 3. The summed E-state index contributed by atoms with van der Waals surface area (Å²) in [7, 11) is 0. The van der Waals surface area contributed by atoms with E-state index in [4.69, 9.17) is 4.42 Å². The Labute approximate surface area is 205 Å². The Morgan fingerprint density at radius 1 is 1.20 bits per heavy atom. The first-order valence-corrected chi connectivity index (χ1v) is 12.2. The summed E-state index contributed by atoms with van der Waals surface area (Å²) in [6.45, 7) is 8.30. The average molecular weight is 488 g/mol. The van der Waals surface area contributed by atoms with Gasteiger partial charge >= 0.3 is 0 Å². The molecular weight excluding hydrogens is 462 g/mol. The molecule has 1 aliphatic rings. The number of hydrogen-bond acceptors (Lipinski definition) is 6. The van der Waals surface area contributed by atoms with E-state index in [0.717, 1.165) is 17.7 Å². The fourth-order valence-corrected chi connectivity index (χ4v) is 5.21. The van der Waals surface area contributed by atoms with Crippen LogP contribution in [0.25, 0.3) is 6.08 Å². The number of nitrogens with zero attached hydrogens (tertiary/aromatic N) is 4. The molecule has 1 N–H and O–H groups in total. The van der Waals surface area contributed by atoms with Crippen LogP contribution in [-0.4, -0.2) is 20.3 Å². The number of anilines is 1. The van der Waals surface area contributed by atoms with Gasteiger partial charge in [0, 0.05) is 24.0 Å². The zero-order valence-electron chi connectivity index (χ0n) is 19.9. The molecule has 178 valence electrons. The Morgan fingerprint density at radius 3 is 2.69 bits per heavy atom. The highest BCUT2D eigenvalue weighted by atomic mass is 32.1. The van der Waals surface area contributed by atoms with Gasteiger partial charge < -0.3 is 9.73 Å². The third-order valence-electron chi connectivity index (χ3n) is 5.97. The lowest BCUT2D eigenvalue weighted by Gasteiger charge is -2.23. The number of fused-ring (bicyclic) bond motifs is 1. The fourth-order valence-electron chi connectivity index (χ4n) is 4.16. The summed E-state index contributed by atoms with van der Waals surface area (Å²) in [4.78, 5) is 32.4. The van der Waals surface area contributed by atoms with Gasteiger partial charge in [0.2, 0.25) is 0 Å². The van der Waals surface area contributed by atoms with Gasteiger partial charge in [0.25, 0.3) is 11.5 Å². The molecule has 0 fully saturated rings. The summed E-state index contributed by atoms with van der Waals surface area (Å²) < 4.78 is 9.82. The maximum atomic E-state index is 13.6. The summed E-state index contributed by atoms with van der Waals surface area (Å²) in [5.41, 5.74) is 3.16. The first kappa shape index (κ1) is 22.8. The summed E-state index contributed by atoms with van der Waals surface area (Å²) in [5, 5.41) is 7.28. The number of furan rings is 1. The number of carbonyl (C=O) groups excluding carboxylic acids is 1. The number of aromatic nitrogens is 3. The van der Waals surface area contributed by atoms with Crippen LogP contribution in [0.5, 0.6) is 0 Å². The van der Waals surface area contributed by atoms with E-state index in [1.54, 1.807) is 28.4 Å². The molecule has 1 atom stereocenters. The normalized spacial score (nSPS) is 15.8. The zero-order valence-corrected chi connectivity index (χ0v) is 20.7. The smallest absolute Gasteiger partial charge is 0.271 e. The number of allylic oxidation sites excluding steroid dienone is 1. The zero-order chi connectivity index (χ0) is 24.7. The summed E-state index contributed by atoms with van der Waals surface area (Å²) >= 11 is 1.29. The van der Waals surface area contributed by atoms with Gasteiger partial charge in [0.05, 0.1) is 22.0 Å². The number of benzene rings is 1. The minimum absolute atomic E-state index is 0.231. The highest BCUT2D eigenvalue weighted by Gasteiger charge is 2.34. The molecule has 4 heterocycles. The van der Waals surface area contributed by atoms with Gasteiger partial charge in [-0.25, -0.2) is 4.99 Å². The number of rotatable bonds is 5. The van der Waals surface area contributed by atoms with Gasteiger partial charge in [-0.2, -0.15) is 5.10 Å². The van der Waals surface area contributed by atoms with Crippen molar-refractivity contribution in [1.82, 2.24) is 14.3 Å². The molecule has 1 unspecified atom stereocenters. The van der Waals surface area contributed by atoms with Crippen molar-refractivity contribution in [1.29, 1.82) is 0 Å². The molecule has 0 saturated heterocycles. The molecule has 1 aromatic carbocycles. The largest absolute Gasteiger partial charge is 0.464 e. The molecule has 0 aliphatic carbocycles. The van der Waals surface area contributed by atoms with E-state index < -0.39 is 6.04 Å². The van der Waals surface area contributed by atoms with Gasteiger partial charge in [0.1, 0.15) is 17.6 Å². The molecule has 9 heteroatoms. The summed E-state index contributed by atoms with van der Waals surface area (Å²) in [6, 6.07) is 10.5. The van der Waals surface area contributed by atoms with Crippen LogP contribution in [0.3, 0.4) is 0 Å². The van der Waals surface area contributed by atoms with Crippen molar-refractivity contribution < 1.29 is 9.21 Å². The molecule has 8 nitrogen and oxygen atoms in total. The van der Waals surface area contributed by atoms with Gasteiger partial charge in [-0.05, 0) is 57.5 Å². The predicted molar refractivity (Wildman–Crippen MR) is 135 cm³/mol. The van der Waals surface area contributed by atoms with E-state index in [9.17, 15) is 9.59 Å². The maximum absolute atomic E-state index is 13.6. The summed E-state index contributed by atoms with van der Waals surface area (Å²) in [6.07, 6.45) is 5.42. The Kier molecular flexibility index (Phi) is 5.86. The van der Waals surface area contributed by atoms with E-state index in [0.29, 0.717) is 37.8 Å². The van der Waals surface area contributed by atoms with Crippen LogP contribution < -0.4 is 20.2 Å². The molecule has 0 bridgehead atoms. The molecule has 4 aromatic rings. The molecule has 3 aromatic heterocycles. The van der Waals surface area contributed by atoms with Crippen LogP contribution in [0, 0.1) is 13.8 Å². The van der Waals surface area contributed by atoms with E-state index >= 15 is 0 Å². The molecule has 1 amide bonds. The van der Waals surface area contributed by atoms with Gasteiger partial charge in [0.15, 0.2) is 4.80 Å². The number of hydrogen-bond donors (Lipinski definition) is 1. The number of nitrogens with one attached hydrogen (secondary N) is 1. The predicted octanol–water partition coefficient (Wildman–Crippen LogP) is 3.30. The lowest BCUT2D eigenvalue weighted by atomic mass is 10.00. The van der Waals surface area contributed by atoms with Crippen molar-refractivity contribution >= 4 is 29.0 Å². The van der Waals surface area contributed by atoms with Crippen LogP contribution >= 0.6 is 11.3 Å². The van der Waals surface area contributed by atoms with Crippen molar-refractivity contribution in [3.05, 3.63) is 102 Å². The molecular formula is C26H25N5O3S. The average Bonchev–Trinajstić information content (AvgIpc) is 3.54. The second kappa shape index (κ2) is 8.99. The first-order valence-electron chi connectivity index (χ1n) is 11.3. The second-order valence-electron chi connectivity index (χ2n) is 8.43. The number of para-hydroxylation sites is 1. The van der Waals surface area contributed by atoms with Gasteiger partial charge in [-0.3, -0.25) is 18.8 Å². The van der Waals surface area contributed by atoms with Crippen molar-refractivity contribution in [3.63, 3.8) is 0 Å². The lowest BCUT2D eigenvalue weighted by Crippen LogP contribution is -2.40. The number of amides is 1. The minimum atomic E-state index is -0.732. The van der Waals surface area contributed by atoms with Crippen LogP contribution in [0.2, 0.25) is 0 Å². The standard InChI is InChI=1S/C26H25N5O3S/c1-5-30-14-18(13-27-30)12-21-25(33)31-23(20-11-10-16(3)34-20)22(17(4)28-26(31)35-21)24(32)29-19-9-7-6-8-15(19)2/h6-14,23H,5H2,1-4H3,(H,29,32). The van der Waals surface area contributed by atoms with Gasteiger partial charge in [-0.15, -0.1) is 0 Å². The SMILES string of the molecule is CCn1cc(C=c2sc3n(c2=O)C(c2ccc(C)o2)C(C(=O)Nc2ccccc2C)=C(C)N=3)cn1. The highest BCUT2D eigenvalue weighted by molar-refractivity contribution is 7.07. The van der Waals surface area contributed by atoms with Gasteiger partial charge in [-0.1, -0.05) is 29.5 Å². The lowest BCUT2D eigenvalue weighted by molar-refractivity contribution is -0.113. The van der Waals surface area contributed by atoms with E-state index in [1.807, 2.05) is 63.4 Å². The first-order chi connectivity index (χ1) is 16.9. The summed E-state index contributed by atoms with van der Waals surface area (Å²) in [5.74, 6) is 0.888. The van der Waals surface area contributed by atoms with Crippen LogP contribution in [0.4, 0.5) is 5.69 Å². The Hall–Kier alpha value is -3.98. The maximum Gasteiger partial charge on any atom is 0.271 e. The number of carbonyl (C=O) groups is 1. The third-order valence-corrected chi connectivity index (χ3v) is 6.95. The highest BCUT2D eigenvalue weighted by Crippen LogP contribution is 2.32. The molecule has 1 aliphatic heterocycles. The number of thiazole rings is 1. The van der Waals surface area contributed by atoms with Crippen molar-refractivity contribution in [2.45, 2.75) is 40.3 Å². The molecule has 5 rings (SSSR count). The molecule has 0 spiro atoms. The Balaban J connectivity index is 1.65. The third kappa shape index (κ3) is 4.19. The molecule has 35 heavy (non-hydrogen) atoms. The molecule has 0 saturated carbocycles. The van der Waals surface area contributed by atoms with Crippen molar-refractivity contribution in [3.8, 4) is 0 Å².